The van der Waals surface area contributed by atoms with Crippen LogP contribution in [0.1, 0.15) is 12.0 Å². The number of amides is 1. The third kappa shape index (κ3) is 2.96. The number of fused-ring (bicyclic) bond motifs is 1. The van der Waals surface area contributed by atoms with Gasteiger partial charge >= 0.3 is 0 Å². The van der Waals surface area contributed by atoms with Crippen molar-refractivity contribution in [1.82, 2.24) is 10.6 Å². The van der Waals surface area contributed by atoms with Crippen LogP contribution >= 0.6 is 0 Å². The Morgan fingerprint density at radius 3 is 2.76 bits per heavy atom. The maximum Gasteiger partial charge on any atom is 0.223 e. The topological polar surface area (TPSA) is 75.3 Å². The normalized spacial score (nSPS) is 30.6. The predicted molar refractivity (Wildman–Crippen MR) is 80.3 cm³/mol. The molecule has 6 heteroatoms. The van der Waals surface area contributed by atoms with Gasteiger partial charge in [-0.2, -0.15) is 0 Å². The third-order valence-electron chi connectivity index (χ3n) is 4.54. The van der Waals surface area contributed by atoms with Crippen molar-refractivity contribution < 1.29 is 13.2 Å². The number of carbonyl (C=O) groups is 1. The van der Waals surface area contributed by atoms with Gasteiger partial charge in [0.2, 0.25) is 5.91 Å². The Hall–Kier alpha value is -1.40. The molecule has 1 aromatic rings. The maximum atomic E-state index is 12.4. The second-order valence-corrected chi connectivity index (χ2v) is 8.17. The van der Waals surface area contributed by atoms with Crippen LogP contribution in [0.3, 0.4) is 0 Å². The lowest BCUT2D eigenvalue weighted by atomic mass is 9.87. The van der Waals surface area contributed by atoms with Crippen LogP contribution in [0.2, 0.25) is 0 Å². The van der Waals surface area contributed by atoms with Gasteiger partial charge in [-0.1, -0.05) is 30.3 Å². The van der Waals surface area contributed by atoms with E-state index in [1.807, 2.05) is 30.3 Å². The monoisotopic (exact) mass is 308 g/mol. The van der Waals surface area contributed by atoms with Crippen LogP contribution in [0.25, 0.3) is 0 Å². The second kappa shape index (κ2) is 5.77. The molecule has 0 aromatic heterocycles. The van der Waals surface area contributed by atoms with Gasteiger partial charge in [-0.05, 0) is 12.0 Å². The van der Waals surface area contributed by atoms with Crippen LogP contribution in [0.4, 0.5) is 0 Å². The Labute approximate surface area is 125 Å². The Morgan fingerprint density at radius 2 is 2.00 bits per heavy atom. The highest BCUT2D eigenvalue weighted by atomic mass is 32.2. The molecule has 2 aliphatic heterocycles. The molecule has 0 bridgehead atoms. The van der Waals surface area contributed by atoms with Gasteiger partial charge in [-0.25, -0.2) is 8.42 Å². The van der Waals surface area contributed by atoms with Crippen LogP contribution in [-0.4, -0.2) is 38.4 Å². The fourth-order valence-electron chi connectivity index (χ4n) is 3.37. The number of benzene rings is 1. The van der Waals surface area contributed by atoms with E-state index in [1.54, 1.807) is 0 Å². The van der Waals surface area contributed by atoms with Gasteiger partial charge in [0.15, 0.2) is 9.84 Å². The highest BCUT2D eigenvalue weighted by molar-refractivity contribution is 7.92. The van der Waals surface area contributed by atoms with E-state index in [4.69, 9.17) is 0 Å². The highest BCUT2D eigenvalue weighted by Crippen LogP contribution is 2.33. The molecule has 0 saturated carbocycles. The van der Waals surface area contributed by atoms with E-state index < -0.39 is 15.1 Å². The molecule has 2 aliphatic rings. The Kier molecular flexibility index (Phi) is 3.99. The van der Waals surface area contributed by atoms with Gasteiger partial charge in [0.1, 0.15) is 0 Å². The molecule has 2 saturated heterocycles. The molecule has 3 atom stereocenters. The standard InChI is InChI=1S/C15H20N2O3S/c18-15(17-8-11-4-2-1-3-5-11)12-6-7-21(19,20)14-10-16-9-13(12)14/h1-5,12-14,16H,6-10H2,(H,17,18)/t12-,13-,14-/m1/s1. The lowest BCUT2D eigenvalue weighted by Crippen LogP contribution is -2.47. The van der Waals surface area contributed by atoms with Crippen molar-refractivity contribution in [2.45, 2.75) is 18.2 Å². The number of hydrogen-bond acceptors (Lipinski definition) is 4. The van der Waals surface area contributed by atoms with Gasteiger partial charge < -0.3 is 10.6 Å². The summed E-state index contributed by atoms with van der Waals surface area (Å²) in [6, 6.07) is 9.74. The van der Waals surface area contributed by atoms with Crippen molar-refractivity contribution in [1.29, 1.82) is 0 Å². The first kappa shape index (κ1) is 14.5. The minimum absolute atomic E-state index is 0.0209. The number of rotatable bonds is 3. The molecule has 0 aliphatic carbocycles. The van der Waals surface area contributed by atoms with E-state index in [9.17, 15) is 13.2 Å². The summed E-state index contributed by atoms with van der Waals surface area (Å²) in [5.74, 6) is -0.177. The predicted octanol–water partition coefficient (Wildman–Crippen LogP) is 0.325. The molecule has 5 nitrogen and oxygen atoms in total. The van der Waals surface area contributed by atoms with Crippen LogP contribution in [0.15, 0.2) is 30.3 Å². The molecule has 0 radical (unpaired) electrons. The molecule has 0 spiro atoms. The first-order valence-corrected chi connectivity index (χ1v) is 9.03. The fraction of sp³-hybridized carbons (Fsp3) is 0.533. The van der Waals surface area contributed by atoms with Crippen LogP contribution in [-0.2, 0) is 21.2 Å². The van der Waals surface area contributed by atoms with Gasteiger partial charge in [-0.15, -0.1) is 0 Å². The summed E-state index contributed by atoms with van der Waals surface area (Å²) in [7, 11) is -3.04. The van der Waals surface area contributed by atoms with E-state index in [1.165, 1.54) is 0 Å². The Balaban J connectivity index is 1.65. The lowest BCUT2D eigenvalue weighted by Gasteiger charge is -2.31. The fourth-order valence-corrected chi connectivity index (χ4v) is 5.44. The van der Waals surface area contributed by atoms with E-state index >= 15 is 0 Å². The van der Waals surface area contributed by atoms with Gasteiger partial charge in [0.05, 0.1) is 11.0 Å². The summed E-state index contributed by atoms with van der Waals surface area (Å²) >= 11 is 0. The molecule has 21 heavy (non-hydrogen) atoms. The summed E-state index contributed by atoms with van der Waals surface area (Å²) in [6.07, 6.45) is 0.436. The smallest absolute Gasteiger partial charge is 0.223 e. The minimum atomic E-state index is -3.04. The van der Waals surface area contributed by atoms with Crippen LogP contribution in [0, 0.1) is 11.8 Å². The van der Waals surface area contributed by atoms with Crippen molar-refractivity contribution in [3.05, 3.63) is 35.9 Å². The van der Waals surface area contributed by atoms with Gasteiger partial charge in [-0.3, -0.25) is 4.79 Å². The molecule has 3 rings (SSSR count). The molecule has 1 amide bonds. The summed E-state index contributed by atoms with van der Waals surface area (Å²) < 4.78 is 24.1. The number of hydrogen-bond donors (Lipinski definition) is 2. The summed E-state index contributed by atoms with van der Waals surface area (Å²) in [4.78, 5) is 12.4. The zero-order chi connectivity index (χ0) is 14.9. The molecular weight excluding hydrogens is 288 g/mol. The number of sulfone groups is 1. The van der Waals surface area contributed by atoms with Crippen molar-refractivity contribution in [2.24, 2.45) is 11.8 Å². The summed E-state index contributed by atoms with van der Waals surface area (Å²) in [5.41, 5.74) is 1.05. The summed E-state index contributed by atoms with van der Waals surface area (Å²) in [6.45, 7) is 1.59. The quantitative estimate of drug-likeness (QED) is 0.843. The van der Waals surface area contributed by atoms with E-state index in [2.05, 4.69) is 10.6 Å². The third-order valence-corrected chi connectivity index (χ3v) is 6.78. The van der Waals surface area contributed by atoms with Crippen molar-refractivity contribution in [2.75, 3.05) is 18.8 Å². The van der Waals surface area contributed by atoms with Crippen molar-refractivity contribution in [3.63, 3.8) is 0 Å². The second-order valence-electron chi connectivity index (χ2n) is 5.83. The molecule has 114 valence electrons. The van der Waals surface area contributed by atoms with E-state index in [0.717, 1.165) is 5.56 Å². The molecule has 0 unspecified atom stereocenters. The maximum absolute atomic E-state index is 12.4. The largest absolute Gasteiger partial charge is 0.352 e. The van der Waals surface area contributed by atoms with Crippen LogP contribution < -0.4 is 10.6 Å². The summed E-state index contributed by atoms with van der Waals surface area (Å²) in [5, 5.41) is 5.68. The first-order valence-electron chi connectivity index (χ1n) is 7.32. The van der Waals surface area contributed by atoms with Crippen molar-refractivity contribution in [3.8, 4) is 0 Å². The lowest BCUT2D eigenvalue weighted by molar-refractivity contribution is -0.126. The zero-order valence-electron chi connectivity index (χ0n) is 11.8. The molecule has 2 N–H and O–H groups in total. The Morgan fingerprint density at radius 1 is 1.24 bits per heavy atom. The van der Waals surface area contributed by atoms with Crippen molar-refractivity contribution >= 4 is 15.7 Å². The highest BCUT2D eigenvalue weighted by Gasteiger charge is 2.47. The van der Waals surface area contributed by atoms with Gasteiger partial charge in [0, 0.05) is 31.5 Å². The number of nitrogens with one attached hydrogen (secondary N) is 2. The van der Waals surface area contributed by atoms with E-state index in [0.29, 0.717) is 26.1 Å². The molecular formula is C15H20N2O3S. The average Bonchev–Trinajstić information content (AvgIpc) is 2.97. The van der Waals surface area contributed by atoms with E-state index in [-0.39, 0.29) is 23.5 Å². The Bertz CT molecular complexity index is 615. The van der Waals surface area contributed by atoms with Crippen LogP contribution in [0.5, 0.6) is 0 Å². The molecule has 2 heterocycles. The molecule has 1 aromatic carbocycles. The average molecular weight is 308 g/mol. The van der Waals surface area contributed by atoms with Gasteiger partial charge in [0.25, 0.3) is 0 Å². The number of carbonyl (C=O) groups excluding carboxylic acids is 1. The SMILES string of the molecule is O=C(NCc1ccccc1)[C@@H]1CCS(=O)(=O)[C@@H]2CNC[C@@H]21. The zero-order valence-corrected chi connectivity index (χ0v) is 12.6. The first-order chi connectivity index (χ1) is 10.1. The molecule has 2 fully saturated rings. The minimum Gasteiger partial charge on any atom is -0.352 e.